The molecule has 0 unspecified atom stereocenters. The van der Waals surface area contributed by atoms with Crippen LogP contribution in [0.25, 0.3) is 0 Å². The molecule has 1 aromatic carbocycles. The van der Waals surface area contributed by atoms with Crippen molar-refractivity contribution >= 4 is 5.91 Å². The fourth-order valence-electron chi connectivity index (χ4n) is 3.04. The second-order valence-electron chi connectivity index (χ2n) is 6.37. The molecule has 1 saturated carbocycles. The number of likely N-dealkylation sites (N-methyl/N-ethyl adjacent to an activating group) is 1. The van der Waals surface area contributed by atoms with E-state index in [-0.39, 0.29) is 11.9 Å². The maximum absolute atomic E-state index is 12.5. The van der Waals surface area contributed by atoms with Crippen molar-refractivity contribution in [3.05, 3.63) is 29.3 Å². The third kappa shape index (κ3) is 3.80. The van der Waals surface area contributed by atoms with Crippen molar-refractivity contribution in [2.24, 2.45) is 0 Å². The highest BCUT2D eigenvalue weighted by Gasteiger charge is 2.31. The van der Waals surface area contributed by atoms with Gasteiger partial charge >= 0.3 is 0 Å². The van der Waals surface area contributed by atoms with Gasteiger partial charge in [-0.2, -0.15) is 0 Å². The zero-order chi connectivity index (χ0) is 16.3. The zero-order valence-corrected chi connectivity index (χ0v) is 14.0. The summed E-state index contributed by atoms with van der Waals surface area (Å²) >= 11 is 0. The van der Waals surface area contributed by atoms with Gasteiger partial charge in [-0.3, -0.25) is 4.79 Å². The molecule has 0 saturated heterocycles. The molecule has 2 rings (SSSR count). The number of rotatable bonds is 4. The number of hydrogen-bond acceptors (Lipinski definition) is 3. The smallest absolute Gasteiger partial charge is 0.263 e. The van der Waals surface area contributed by atoms with E-state index < -0.39 is 12.2 Å². The molecule has 0 heterocycles. The highest BCUT2D eigenvalue weighted by Crippen LogP contribution is 2.24. The Kier molecular flexibility index (Phi) is 5.46. The first-order valence-corrected chi connectivity index (χ1v) is 8.09. The Morgan fingerprint density at radius 1 is 1.27 bits per heavy atom. The summed E-state index contributed by atoms with van der Waals surface area (Å²) in [5.41, 5.74) is 2.35. The lowest BCUT2D eigenvalue weighted by molar-refractivity contribution is -0.142. The second kappa shape index (κ2) is 7.14. The minimum Gasteiger partial charge on any atom is -0.481 e. The average molecular weight is 305 g/mol. The molecule has 22 heavy (non-hydrogen) atoms. The molecule has 0 aromatic heterocycles. The van der Waals surface area contributed by atoms with Crippen LogP contribution in [0.3, 0.4) is 0 Å². The van der Waals surface area contributed by atoms with Crippen LogP contribution >= 0.6 is 0 Å². The lowest BCUT2D eigenvalue weighted by atomic mass is 9.91. The van der Waals surface area contributed by atoms with E-state index in [0.717, 1.165) is 31.2 Å². The Morgan fingerprint density at radius 3 is 2.59 bits per heavy atom. The third-order valence-electron chi connectivity index (χ3n) is 4.68. The van der Waals surface area contributed by atoms with Crippen LogP contribution in [-0.2, 0) is 4.79 Å². The van der Waals surface area contributed by atoms with Crippen LogP contribution in [0, 0.1) is 13.8 Å². The van der Waals surface area contributed by atoms with E-state index in [0.29, 0.717) is 5.75 Å². The maximum atomic E-state index is 12.5. The Morgan fingerprint density at radius 2 is 1.95 bits per heavy atom. The number of carbonyl (C=O) groups is 1. The Bertz CT molecular complexity index is 529. The number of aliphatic hydroxyl groups is 1. The molecule has 1 amide bonds. The van der Waals surface area contributed by atoms with Gasteiger partial charge in [0.2, 0.25) is 0 Å². The predicted molar refractivity (Wildman–Crippen MR) is 87.0 cm³/mol. The number of ether oxygens (including phenoxy) is 1. The molecule has 0 radical (unpaired) electrons. The molecule has 0 spiro atoms. The van der Waals surface area contributed by atoms with Crippen molar-refractivity contribution in [3.8, 4) is 5.75 Å². The molecule has 1 aromatic rings. The molecule has 3 atom stereocenters. The van der Waals surface area contributed by atoms with Crippen LogP contribution in [0.1, 0.15) is 43.7 Å². The van der Waals surface area contributed by atoms with Gasteiger partial charge in [0.25, 0.3) is 5.91 Å². The average Bonchev–Trinajstić information content (AvgIpc) is 2.50. The van der Waals surface area contributed by atoms with E-state index in [1.54, 1.807) is 18.9 Å². The quantitative estimate of drug-likeness (QED) is 0.930. The highest BCUT2D eigenvalue weighted by atomic mass is 16.5. The Hall–Kier alpha value is -1.55. The number of benzene rings is 1. The summed E-state index contributed by atoms with van der Waals surface area (Å²) in [6.45, 7) is 5.84. The molecular formula is C18H27NO3. The van der Waals surface area contributed by atoms with E-state index in [2.05, 4.69) is 0 Å². The molecule has 122 valence electrons. The standard InChI is InChI=1S/C18H27NO3/c1-12-9-10-15(11-13(12)2)22-14(3)18(21)19(4)16-7-5-6-8-17(16)20/h9-11,14,16-17,20H,5-8H2,1-4H3/t14-,16-,17-/m1/s1. The van der Waals surface area contributed by atoms with E-state index in [1.807, 2.05) is 32.0 Å². The monoisotopic (exact) mass is 305 g/mol. The van der Waals surface area contributed by atoms with Gasteiger partial charge in [-0.1, -0.05) is 18.9 Å². The van der Waals surface area contributed by atoms with Crippen LogP contribution in [0.5, 0.6) is 5.75 Å². The first-order chi connectivity index (χ1) is 10.4. The van der Waals surface area contributed by atoms with Gasteiger partial charge in [0.1, 0.15) is 5.75 Å². The van der Waals surface area contributed by atoms with Crippen LogP contribution < -0.4 is 4.74 Å². The normalized spacial score (nSPS) is 23.0. The summed E-state index contributed by atoms with van der Waals surface area (Å²) in [6.07, 6.45) is 2.76. The van der Waals surface area contributed by atoms with Gasteiger partial charge in [-0.15, -0.1) is 0 Å². The van der Waals surface area contributed by atoms with Crippen LogP contribution in [-0.4, -0.2) is 41.2 Å². The number of hydrogen-bond donors (Lipinski definition) is 1. The first-order valence-electron chi connectivity index (χ1n) is 8.09. The molecule has 1 aliphatic carbocycles. The van der Waals surface area contributed by atoms with Gasteiger partial charge in [0.05, 0.1) is 12.1 Å². The second-order valence-corrected chi connectivity index (χ2v) is 6.37. The Balaban J connectivity index is 2.00. The largest absolute Gasteiger partial charge is 0.481 e. The molecule has 1 aliphatic rings. The number of nitrogens with zero attached hydrogens (tertiary/aromatic N) is 1. The summed E-state index contributed by atoms with van der Waals surface area (Å²) in [7, 11) is 1.77. The van der Waals surface area contributed by atoms with Crippen molar-refractivity contribution in [2.45, 2.75) is 64.7 Å². The van der Waals surface area contributed by atoms with E-state index in [9.17, 15) is 9.90 Å². The molecule has 0 aliphatic heterocycles. The fourth-order valence-corrected chi connectivity index (χ4v) is 3.04. The zero-order valence-electron chi connectivity index (χ0n) is 14.0. The van der Waals surface area contributed by atoms with E-state index >= 15 is 0 Å². The number of carbonyl (C=O) groups excluding carboxylic acids is 1. The number of amides is 1. The molecule has 4 heteroatoms. The predicted octanol–water partition coefficient (Wildman–Crippen LogP) is 2.83. The third-order valence-corrected chi connectivity index (χ3v) is 4.68. The van der Waals surface area contributed by atoms with Gasteiger partial charge in [0.15, 0.2) is 6.10 Å². The first kappa shape index (κ1) is 16.8. The van der Waals surface area contributed by atoms with Gasteiger partial charge in [-0.05, 0) is 56.9 Å². The summed E-state index contributed by atoms with van der Waals surface area (Å²) in [4.78, 5) is 14.2. The Labute approximate surface area is 133 Å². The van der Waals surface area contributed by atoms with Crippen LogP contribution in [0.15, 0.2) is 18.2 Å². The van der Waals surface area contributed by atoms with Gasteiger partial charge in [0, 0.05) is 7.05 Å². The lowest BCUT2D eigenvalue weighted by Crippen LogP contribution is -2.50. The molecular weight excluding hydrogens is 278 g/mol. The van der Waals surface area contributed by atoms with Crippen molar-refractivity contribution < 1.29 is 14.6 Å². The summed E-state index contributed by atoms with van der Waals surface area (Å²) in [5.74, 6) is 0.630. The van der Waals surface area contributed by atoms with Gasteiger partial charge in [-0.25, -0.2) is 0 Å². The van der Waals surface area contributed by atoms with E-state index in [1.165, 1.54) is 5.56 Å². The minimum atomic E-state index is -0.554. The van der Waals surface area contributed by atoms with Gasteiger partial charge < -0.3 is 14.7 Å². The lowest BCUT2D eigenvalue weighted by Gasteiger charge is -2.36. The highest BCUT2D eigenvalue weighted by molar-refractivity contribution is 5.81. The van der Waals surface area contributed by atoms with Crippen molar-refractivity contribution in [1.82, 2.24) is 4.90 Å². The summed E-state index contributed by atoms with van der Waals surface area (Å²) in [6, 6.07) is 5.75. The van der Waals surface area contributed by atoms with Crippen molar-refractivity contribution in [2.75, 3.05) is 7.05 Å². The van der Waals surface area contributed by atoms with E-state index in [4.69, 9.17) is 4.74 Å². The number of aliphatic hydroxyl groups excluding tert-OH is 1. The topological polar surface area (TPSA) is 49.8 Å². The van der Waals surface area contributed by atoms with Crippen LogP contribution in [0.4, 0.5) is 0 Å². The molecule has 1 N–H and O–H groups in total. The molecule has 1 fully saturated rings. The maximum Gasteiger partial charge on any atom is 0.263 e. The minimum absolute atomic E-state index is 0.0795. The van der Waals surface area contributed by atoms with Crippen LogP contribution in [0.2, 0.25) is 0 Å². The summed E-state index contributed by atoms with van der Waals surface area (Å²) < 4.78 is 5.79. The SMILES string of the molecule is Cc1ccc(O[C@H](C)C(=O)N(C)[C@@H]2CCCC[C@H]2O)cc1C. The summed E-state index contributed by atoms with van der Waals surface area (Å²) in [5, 5.41) is 10.1. The van der Waals surface area contributed by atoms with Crippen molar-refractivity contribution in [3.63, 3.8) is 0 Å². The molecule has 0 bridgehead atoms. The number of aryl methyl sites for hydroxylation is 2. The fraction of sp³-hybridized carbons (Fsp3) is 0.611. The van der Waals surface area contributed by atoms with Crippen molar-refractivity contribution in [1.29, 1.82) is 0 Å². The molecule has 4 nitrogen and oxygen atoms in total.